The van der Waals surface area contributed by atoms with Gasteiger partial charge in [-0.2, -0.15) is 0 Å². The van der Waals surface area contributed by atoms with Crippen molar-refractivity contribution >= 4 is 16.8 Å². The Kier molecular flexibility index (Phi) is 7.42. The standard InChI is InChI=1S/C27H35N3O/c1-2-21-8-10-23(11-9-21)25-13-12-24-14-17-30(26(24)18-25)20-27(31)29-16-15-28-19-22-6-4-3-5-7-22/h8-14,17-18,22,28H,2-7,15-16,19-20H2,1H3,(H,29,31). The molecule has 4 rings (SSSR count). The molecule has 1 amide bonds. The number of aromatic nitrogens is 1. The van der Waals surface area contributed by atoms with Gasteiger partial charge >= 0.3 is 0 Å². The van der Waals surface area contributed by atoms with Crippen LogP contribution in [0.5, 0.6) is 0 Å². The quantitative estimate of drug-likeness (QED) is 0.473. The summed E-state index contributed by atoms with van der Waals surface area (Å²) in [5.74, 6) is 0.887. The number of nitrogens with zero attached hydrogens (tertiary/aromatic N) is 1. The van der Waals surface area contributed by atoms with E-state index in [0.29, 0.717) is 13.1 Å². The fourth-order valence-corrected chi connectivity index (χ4v) is 4.63. The van der Waals surface area contributed by atoms with E-state index < -0.39 is 0 Å². The molecule has 0 unspecified atom stereocenters. The average Bonchev–Trinajstić information content (AvgIpc) is 3.21. The maximum Gasteiger partial charge on any atom is 0.239 e. The van der Waals surface area contributed by atoms with Crippen LogP contribution in [0.4, 0.5) is 0 Å². The molecule has 4 heteroatoms. The summed E-state index contributed by atoms with van der Waals surface area (Å²) in [5, 5.41) is 7.73. The van der Waals surface area contributed by atoms with Gasteiger partial charge in [-0.25, -0.2) is 0 Å². The number of hydrogen-bond donors (Lipinski definition) is 2. The predicted molar refractivity (Wildman–Crippen MR) is 129 cm³/mol. The molecule has 1 heterocycles. The number of amides is 1. The molecule has 1 aromatic heterocycles. The van der Waals surface area contributed by atoms with E-state index in [2.05, 4.69) is 66.1 Å². The molecule has 0 spiro atoms. The van der Waals surface area contributed by atoms with Gasteiger partial charge in [-0.1, -0.05) is 62.6 Å². The normalized spacial score (nSPS) is 14.7. The summed E-state index contributed by atoms with van der Waals surface area (Å²) in [4.78, 5) is 12.5. The smallest absolute Gasteiger partial charge is 0.239 e. The van der Waals surface area contributed by atoms with Gasteiger partial charge in [-0.05, 0) is 65.9 Å². The Hall–Kier alpha value is -2.59. The lowest BCUT2D eigenvalue weighted by molar-refractivity contribution is -0.121. The molecule has 1 aliphatic carbocycles. The Morgan fingerprint density at radius 2 is 1.74 bits per heavy atom. The average molecular weight is 418 g/mol. The Labute approximate surface area is 186 Å². The van der Waals surface area contributed by atoms with Crippen molar-refractivity contribution in [3.05, 3.63) is 60.3 Å². The molecule has 0 atom stereocenters. The third kappa shape index (κ3) is 5.76. The van der Waals surface area contributed by atoms with Crippen molar-refractivity contribution in [1.29, 1.82) is 0 Å². The third-order valence-corrected chi connectivity index (χ3v) is 6.57. The lowest BCUT2D eigenvalue weighted by Gasteiger charge is -2.21. The van der Waals surface area contributed by atoms with E-state index in [9.17, 15) is 4.79 Å². The number of carbonyl (C=O) groups excluding carboxylic acids is 1. The number of hydrogen-bond acceptors (Lipinski definition) is 2. The van der Waals surface area contributed by atoms with Gasteiger partial charge in [0, 0.05) is 24.8 Å². The number of fused-ring (bicyclic) bond motifs is 1. The molecular weight excluding hydrogens is 382 g/mol. The first-order valence-corrected chi connectivity index (χ1v) is 11.9. The molecule has 0 bridgehead atoms. The van der Waals surface area contributed by atoms with Crippen LogP contribution < -0.4 is 10.6 Å². The minimum Gasteiger partial charge on any atom is -0.353 e. The number of aryl methyl sites for hydroxylation is 1. The molecule has 2 N–H and O–H groups in total. The topological polar surface area (TPSA) is 46.1 Å². The van der Waals surface area contributed by atoms with Crippen LogP contribution in [0.3, 0.4) is 0 Å². The van der Waals surface area contributed by atoms with E-state index in [1.807, 2.05) is 10.8 Å². The zero-order valence-electron chi connectivity index (χ0n) is 18.7. The highest BCUT2D eigenvalue weighted by Crippen LogP contribution is 2.26. The molecule has 164 valence electrons. The zero-order chi connectivity index (χ0) is 21.5. The molecule has 4 nitrogen and oxygen atoms in total. The van der Waals surface area contributed by atoms with Crippen LogP contribution in [-0.4, -0.2) is 30.1 Å². The summed E-state index contributed by atoms with van der Waals surface area (Å²) in [6, 6.07) is 17.3. The van der Waals surface area contributed by atoms with Crippen LogP contribution in [0.1, 0.15) is 44.6 Å². The zero-order valence-corrected chi connectivity index (χ0v) is 18.7. The van der Waals surface area contributed by atoms with E-state index in [1.165, 1.54) is 48.8 Å². The molecule has 2 aromatic carbocycles. The van der Waals surface area contributed by atoms with Gasteiger partial charge in [-0.3, -0.25) is 4.79 Å². The number of carbonyl (C=O) groups is 1. The lowest BCUT2D eigenvalue weighted by Crippen LogP contribution is -2.35. The molecule has 0 radical (unpaired) electrons. The molecule has 0 aliphatic heterocycles. The monoisotopic (exact) mass is 417 g/mol. The first-order chi connectivity index (χ1) is 15.2. The van der Waals surface area contributed by atoms with Gasteiger partial charge in [0.1, 0.15) is 6.54 Å². The van der Waals surface area contributed by atoms with Crippen molar-refractivity contribution in [3.8, 4) is 11.1 Å². The Morgan fingerprint density at radius 3 is 2.52 bits per heavy atom. The van der Waals surface area contributed by atoms with Gasteiger partial charge in [0.2, 0.25) is 5.91 Å². The molecule has 0 saturated heterocycles. The van der Waals surface area contributed by atoms with Crippen molar-refractivity contribution in [2.45, 2.75) is 52.0 Å². The van der Waals surface area contributed by atoms with Crippen LogP contribution in [0.25, 0.3) is 22.0 Å². The maximum absolute atomic E-state index is 12.5. The van der Waals surface area contributed by atoms with E-state index in [4.69, 9.17) is 0 Å². The van der Waals surface area contributed by atoms with Crippen molar-refractivity contribution in [2.24, 2.45) is 5.92 Å². The highest BCUT2D eigenvalue weighted by atomic mass is 16.1. The van der Waals surface area contributed by atoms with Gasteiger partial charge in [0.05, 0.1) is 0 Å². The van der Waals surface area contributed by atoms with Crippen molar-refractivity contribution in [1.82, 2.24) is 15.2 Å². The van der Waals surface area contributed by atoms with E-state index in [1.54, 1.807) is 0 Å². The van der Waals surface area contributed by atoms with Gasteiger partial charge in [-0.15, -0.1) is 0 Å². The van der Waals surface area contributed by atoms with Crippen molar-refractivity contribution < 1.29 is 4.79 Å². The number of benzene rings is 2. The van der Waals surface area contributed by atoms with Crippen LogP contribution in [0.15, 0.2) is 54.7 Å². The molecule has 1 aliphatic rings. The molecular formula is C27H35N3O. The van der Waals surface area contributed by atoms with Crippen molar-refractivity contribution in [3.63, 3.8) is 0 Å². The molecule has 31 heavy (non-hydrogen) atoms. The van der Waals surface area contributed by atoms with E-state index in [0.717, 1.165) is 36.3 Å². The number of nitrogens with one attached hydrogen (secondary N) is 2. The first kappa shape index (κ1) is 21.6. The van der Waals surface area contributed by atoms with Crippen molar-refractivity contribution in [2.75, 3.05) is 19.6 Å². The van der Waals surface area contributed by atoms with Crippen LogP contribution in [-0.2, 0) is 17.8 Å². The fourth-order valence-electron chi connectivity index (χ4n) is 4.63. The van der Waals surface area contributed by atoms with E-state index >= 15 is 0 Å². The first-order valence-electron chi connectivity index (χ1n) is 11.9. The second-order valence-electron chi connectivity index (χ2n) is 8.83. The SMILES string of the molecule is CCc1ccc(-c2ccc3ccn(CC(=O)NCCNCC4CCCCC4)c3c2)cc1. The second kappa shape index (κ2) is 10.6. The lowest BCUT2D eigenvalue weighted by atomic mass is 9.89. The molecule has 1 saturated carbocycles. The summed E-state index contributed by atoms with van der Waals surface area (Å²) in [6.07, 6.45) is 9.91. The Balaban J connectivity index is 1.30. The minimum atomic E-state index is 0.0645. The van der Waals surface area contributed by atoms with E-state index in [-0.39, 0.29) is 5.91 Å². The van der Waals surface area contributed by atoms with Crippen LogP contribution in [0, 0.1) is 5.92 Å². The largest absolute Gasteiger partial charge is 0.353 e. The van der Waals surface area contributed by atoms with Gasteiger partial charge in [0.15, 0.2) is 0 Å². The van der Waals surface area contributed by atoms with Crippen LogP contribution in [0.2, 0.25) is 0 Å². The summed E-state index contributed by atoms with van der Waals surface area (Å²) in [7, 11) is 0. The third-order valence-electron chi connectivity index (χ3n) is 6.57. The summed E-state index contributed by atoms with van der Waals surface area (Å²) in [5.41, 5.74) is 4.84. The van der Waals surface area contributed by atoms with Crippen LogP contribution >= 0.6 is 0 Å². The molecule has 1 fully saturated rings. The maximum atomic E-state index is 12.5. The second-order valence-corrected chi connectivity index (χ2v) is 8.83. The summed E-state index contributed by atoms with van der Waals surface area (Å²) >= 11 is 0. The van der Waals surface area contributed by atoms with Gasteiger partial charge in [0.25, 0.3) is 0 Å². The number of rotatable bonds is 9. The minimum absolute atomic E-state index is 0.0645. The Morgan fingerprint density at radius 1 is 0.968 bits per heavy atom. The summed E-state index contributed by atoms with van der Waals surface area (Å²) < 4.78 is 2.05. The highest BCUT2D eigenvalue weighted by molar-refractivity contribution is 5.87. The fraction of sp³-hybridized carbons (Fsp3) is 0.444. The molecule has 3 aromatic rings. The predicted octanol–water partition coefficient (Wildman–Crippen LogP) is 5.16. The highest BCUT2D eigenvalue weighted by Gasteiger charge is 2.12. The Bertz CT molecular complexity index is 983. The van der Waals surface area contributed by atoms with Gasteiger partial charge < -0.3 is 15.2 Å². The summed E-state index contributed by atoms with van der Waals surface area (Å²) in [6.45, 7) is 5.13.